The van der Waals surface area contributed by atoms with Crippen LogP contribution in [0.4, 0.5) is 0 Å². The van der Waals surface area contributed by atoms with E-state index < -0.39 is 10.0 Å². The van der Waals surface area contributed by atoms with Gasteiger partial charge in [0.2, 0.25) is 0 Å². The fourth-order valence-electron chi connectivity index (χ4n) is 2.82. The van der Waals surface area contributed by atoms with Crippen LogP contribution >= 0.6 is 0 Å². The minimum absolute atomic E-state index is 0.0995. The summed E-state index contributed by atoms with van der Waals surface area (Å²) in [5.74, 6) is -0.0995. The summed E-state index contributed by atoms with van der Waals surface area (Å²) in [5, 5.41) is 0.736. The molecule has 1 heterocycles. The summed E-state index contributed by atoms with van der Waals surface area (Å²) in [7, 11) is -3.73. The highest BCUT2D eigenvalue weighted by Crippen LogP contribution is 2.30. The van der Waals surface area contributed by atoms with Gasteiger partial charge >= 0.3 is 0 Å². The lowest BCUT2D eigenvalue weighted by Crippen LogP contribution is -2.11. The number of fused-ring (bicyclic) bond motifs is 1. The van der Waals surface area contributed by atoms with Gasteiger partial charge in [-0.1, -0.05) is 42.5 Å². The van der Waals surface area contributed by atoms with Gasteiger partial charge in [0.15, 0.2) is 5.78 Å². The predicted octanol–water partition coefficient (Wildman–Crippen LogP) is 3.87. The van der Waals surface area contributed by atoms with Crippen LogP contribution in [0.5, 0.6) is 0 Å². The number of nitrogens with zero attached hydrogens (tertiary/aromatic N) is 1. The van der Waals surface area contributed by atoms with Crippen LogP contribution in [-0.2, 0) is 14.8 Å². The Labute approximate surface area is 141 Å². The standard InChI is InChI=1S/C19H17NO3S/c1-3-16(14(2)21)18-13-20(19-12-8-7-11-17(18)19)24(22,23)15-9-5-4-6-10-15/h3-13H,1-2H3/b16-3-. The molecule has 1 aromatic heterocycles. The third-order valence-electron chi connectivity index (χ3n) is 3.94. The Morgan fingerprint density at radius 2 is 1.62 bits per heavy atom. The van der Waals surface area contributed by atoms with E-state index in [9.17, 15) is 13.2 Å². The van der Waals surface area contributed by atoms with E-state index in [0.717, 1.165) is 5.39 Å². The number of carbonyl (C=O) groups excluding carboxylic acids is 1. The second-order valence-corrected chi connectivity index (χ2v) is 7.25. The zero-order valence-corrected chi connectivity index (χ0v) is 14.2. The van der Waals surface area contributed by atoms with Gasteiger partial charge in [-0.05, 0) is 32.0 Å². The van der Waals surface area contributed by atoms with E-state index in [4.69, 9.17) is 0 Å². The summed E-state index contributed by atoms with van der Waals surface area (Å²) in [5.41, 5.74) is 1.69. The van der Waals surface area contributed by atoms with Crippen molar-refractivity contribution in [3.05, 3.63) is 72.4 Å². The van der Waals surface area contributed by atoms with E-state index >= 15 is 0 Å². The molecule has 0 radical (unpaired) electrons. The number of rotatable bonds is 4. The monoisotopic (exact) mass is 339 g/mol. The summed E-state index contributed by atoms with van der Waals surface area (Å²) >= 11 is 0. The van der Waals surface area contributed by atoms with Gasteiger partial charge in [-0.3, -0.25) is 4.79 Å². The molecule has 5 heteroatoms. The van der Waals surface area contributed by atoms with Gasteiger partial charge in [0.25, 0.3) is 10.0 Å². The van der Waals surface area contributed by atoms with Crippen molar-refractivity contribution in [3.8, 4) is 0 Å². The maximum atomic E-state index is 13.0. The quantitative estimate of drug-likeness (QED) is 0.678. The second-order valence-electron chi connectivity index (χ2n) is 5.43. The highest BCUT2D eigenvalue weighted by atomic mass is 32.2. The third kappa shape index (κ3) is 2.57. The lowest BCUT2D eigenvalue weighted by Gasteiger charge is -2.07. The highest BCUT2D eigenvalue weighted by molar-refractivity contribution is 7.90. The van der Waals surface area contributed by atoms with Crippen LogP contribution in [0, 0.1) is 0 Å². The van der Waals surface area contributed by atoms with Crippen molar-refractivity contribution >= 4 is 32.3 Å². The first-order valence-electron chi connectivity index (χ1n) is 7.55. The molecule has 2 aromatic carbocycles. The van der Waals surface area contributed by atoms with Crippen LogP contribution in [-0.4, -0.2) is 18.2 Å². The largest absolute Gasteiger partial charge is 0.294 e. The van der Waals surface area contributed by atoms with Gasteiger partial charge in [-0.2, -0.15) is 0 Å². The number of hydrogen-bond donors (Lipinski definition) is 0. The highest BCUT2D eigenvalue weighted by Gasteiger charge is 2.22. The van der Waals surface area contributed by atoms with Crippen molar-refractivity contribution in [2.75, 3.05) is 0 Å². The van der Waals surface area contributed by atoms with Crippen molar-refractivity contribution < 1.29 is 13.2 Å². The van der Waals surface area contributed by atoms with Crippen LogP contribution in [0.2, 0.25) is 0 Å². The van der Waals surface area contributed by atoms with Crippen LogP contribution in [0.1, 0.15) is 19.4 Å². The normalized spacial score (nSPS) is 12.5. The van der Waals surface area contributed by atoms with Gasteiger partial charge in [0.1, 0.15) is 0 Å². The van der Waals surface area contributed by atoms with E-state index in [0.29, 0.717) is 16.7 Å². The molecule has 0 saturated carbocycles. The Morgan fingerprint density at radius 1 is 1.00 bits per heavy atom. The van der Waals surface area contributed by atoms with Gasteiger partial charge in [-0.25, -0.2) is 12.4 Å². The number of carbonyl (C=O) groups is 1. The van der Waals surface area contributed by atoms with Crippen molar-refractivity contribution in [1.82, 2.24) is 3.97 Å². The van der Waals surface area contributed by atoms with Gasteiger partial charge < -0.3 is 0 Å². The topological polar surface area (TPSA) is 56.1 Å². The van der Waals surface area contributed by atoms with E-state index in [1.165, 1.54) is 17.1 Å². The van der Waals surface area contributed by atoms with Crippen molar-refractivity contribution in [2.45, 2.75) is 18.7 Å². The lowest BCUT2D eigenvalue weighted by atomic mass is 10.0. The Morgan fingerprint density at radius 3 is 2.25 bits per heavy atom. The zero-order chi connectivity index (χ0) is 17.3. The number of para-hydroxylation sites is 1. The average molecular weight is 339 g/mol. The fraction of sp³-hybridized carbons (Fsp3) is 0.105. The Balaban J connectivity index is 2.34. The molecular formula is C19H17NO3S. The summed E-state index contributed by atoms with van der Waals surface area (Å²) in [4.78, 5) is 12.1. The molecule has 0 aliphatic heterocycles. The molecule has 122 valence electrons. The number of hydrogen-bond acceptors (Lipinski definition) is 3. The summed E-state index contributed by atoms with van der Waals surface area (Å²) < 4.78 is 27.3. The molecule has 0 aliphatic rings. The van der Waals surface area contributed by atoms with E-state index in [-0.39, 0.29) is 10.7 Å². The van der Waals surface area contributed by atoms with Gasteiger partial charge in [0.05, 0.1) is 10.4 Å². The molecule has 0 aliphatic carbocycles. The first-order chi connectivity index (χ1) is 11.5. The van der Waals surface area contributed by atoms with Crippen molar-refractivity contribution in [3.63, 3.8) is 0 Å². The molecule has 0 unspecified atom stereocenters. The van der Waals surface area contributed by atoms with Crippen LogP contribution < -0.4 is 0 Å². The molecule has 3 rings (SSSR count). The van der Waals surface area contributed by atoms with E-state index in [1.807, 2.05) is 12.1 Å². The third-order valence-corrected chi connectivity index (χ3v) is 5.62. The Bertz CT molecular complexity index is 1040. The predicted molar refractivity (Wildman–Crippen MR) is 95.3 cm³/mol. The van der Waals surface area contributed by atoms with Crippen LogP contribution in [0.25, 0.3) is 16.5 Å². The van der Waals surface area contributed by atoms with Crippen molar-refractivity contribution in [1.29, 1.82) is 0 Å². The SMILES string of the molecule is C/C=C(/C(C)=O)c1cn(S(=O)(=O)c2ccccc2)c2ccccc12. The second kappa shape index (κ2) is 6.09. The minimum Gasteiger partial charge on any atom is -0.294 e. The maximum Gasteiger partial charge on any atom is 0.268 e. The molecular weight excluding hydrogens is 322 g/mol. The fourth-order valence-corrected chi connectivity index (χ4v) is 4.21. The molecule has 24 heavy (non-hydrogen) atoms. The molecule has 0 N–H and O–H groups in total. The van der Waals surface area contributed by atoms with Crippen molar-refractivity contribution in [2.24, 2.45) is 0 Å². The molecule has 0 amide bonds. The number of benzene rings is 2. The summed E-state index contributed by atoms with van der Waals surface area (Å²) in [6.07, 6.45) is 3.24. The lowest BCUT2D eigenvalue weighted by molar-refractivity contribution is -0.111. The summed E-state index contributed by atoms with van der Waals surface area (Å²) in [6, 6.07) is 15.5. The average Bonchev–Trinajstić information content (AvgIpc) is 2.96. The number of aromatic nitrogens is 1. The Hall–Kier alpha value is -2.66. The minimum atomic E-state index is -3.73. The maximum absolute atomic E-state index is 13.0. The number of Topliss-reactive ketones (excluding diaryl/α,β-unsaturated/α-hetero) is 1. The van der Waals surface area contributed by atoms with E-state index in [2.05, 4.69) is 0 Å². The summed E-state index contributed by atoms with van der Waals surface area (Å²) in [6.45, 7) is 3.25. The molecule has 0 spiro atoms. The molecule has 0 saturated heterocycles. The molecule has 4 nitrogen and oxygen atoms in total. The first-order valence-corrected chi connectivity index (χ1v) is 8.99. The smallest absolute Gasteiger partial charge is 0.268 e. The number of ketones is 1. The van der Waals surface area contributed by atoms with E-state index in [1.54, 1.807) is 55.5 Å². The van der Waals surface area contributed by atoms with Crippen LogP contribution in [0.3, 0.4) is 0 Å². The molecule has 0 atom stereocenters. The molecule has 0 bridgehead atoms. The molecule has 3 aromatic rings. The van der Waals surface area contributed by atoms with Gasteiger partial charge in [0, 0.05) is 22.7 Å². The Kier molecular flexibility index (Phi) is 4.11. The number of allylic oxidation sites excluding steroid dienone is 2. The molecule has 0 fully saturated rings. The zero-order valence-electron chi connectivity index (χ0n) is 13.4. The van der Waals surface area contributed by atoms with Gasteiger partial charge in [-0.15, -0.1) is 0 Å². The van der Waals surface area contributed by atoms with Crippen LogP contribution in [0.15, 0.2) is 71.8 Å². The first kappa shape index (κ1) is 16.2.